The lowest BCUT2D eigenvalue weighted by Crippen LogP contribution is -2.33. The smallest absolute Gasteiger partial charge is 0.124 e. The van der Waals surface area contributed by atoms with E-state index in [9.17, 15) is 0 Å². The van der Waals surface area contributed by atoms with Gasteiger partial charge in [0.2, 0.25) is 0 Å². The number of para-hydroxylation sites is 1. The third-order valence-corrected chi connectivity index (χ3v) is 3.40. The van der Waals surface area contributed by atoms with Crippen LogP contribution in [-0.2, 0) is 10.3 Å². The summed E-state index contributed by atoms with van der Waals surface area (Å²) < 4.78 is 10.8. The van der Waals surface area contributed by atoms with E-state index in [0.717, 1.165) is 18.7 Å². The van der Waals surface area contributed by atoms with E-state index in [1.165, 1.54) is 12.0 Å². The molecule has 0 saturated carbocycles. The average molecular weight is 235 g/mol. The Labute approximate surface area is 103 Å². The lowest BCUT2D eigenvalue weighted by atomic mass is 9.90. The number of hydrogen-bond acceptors (Lipinski definition) is 3. The molecule has 1 fully saturated rings. The van der Waals surface area contributed by atoms with Crippen LogP contribution in [0.4, 0.5) is 0 Å². The maximum atomic E-state index is 5.79. The van der Waals surface area contributed by atoms with E-state index in [4.69, 9.17) is 9.47 Å². The van der Waals surface area contributed by atoms with Crippen LogP contribution in [0.15, 0.2) is 24.3 Å². The van der Waals surface area contributed by atoms with E-state index in [2.05, 4.69) is 24.4 Å². The summed E-state index contributed by atoms with van der Waals surface area (Å²) in [6, 6.07) is 8.28. The second kappa shape index (κ2) is 5.52. The molecule has 1 aromatic carbocycles. The lowest BCUT2D eigenvalue weighted by molar-refractivity contribution is 0.144. The van der Waals surface area contributed by atoms with E-state index >= 15 is 0 Å². The number of methoxy groups -OCH3 is 1. The second-order valence-electron chi connectivity index (χ2n) is 4.70. The fraction of sp³-hybridized carbons (Fsp3) is 0.571. The number of hydrogen-bond donors (Lipinski definition) is 1. The molecule has 17 heavy (non-hydrogen) atoms. The Morgan fingerprint density at radius 1 is 1.29 bits per heavy atom. The highest BCUT2D eigenvalue weighted by atomic mass is 16.5. The predicted octanol–water partition coefficient (Wildman–Crippen LogP) is 2.31. The molecule has 3 heteroatoms. The predicted molar refractivity (Wildman–Crippen MR) is 68.4 cm³/mol. The van der Waals surface area contributed by atoms with Gasteiger partial charge >= 0.3 is 0 Å². The molecular formula is C14H21NO2. The molecule has 1 aliphatic heterocycles. The van der Waals surface area contributed by atoms with Crippen molar-refractivity contribution in [3.63, 3.8) is 0 Å². The van der Waals surface area contributed by atoms with Gasteiger partial charge in [0.25, 0.3) is 0 Å². The SMILES string of the molecule is COCCOc1ccccc1C1(C)CCCN1. The van der Waals surface area contributed by atoms with Crippen LogP contribution >= 0.6 is 0 Å². The van der Waals surface area contributed by atoms with Gasteiger partial charge < -0.3 is 14.8 Å². The first kappa shape index (κ1) is 12.4. The summed E-state index contributed by atoms with van der Waals surface area (Å²) in [7, 11) is 1.69. The molecule has 1 heterocycles. The zero-order valence-corrected chi connectivity index (χ0v) is 10.7. The number of benzene rings is 1. The molecule has 3 nitrogen and oxygen atoms in total. The highest BCUT2D eigenvalue weighted by Crippen LogP contribution is 2.35. The summed E-state index contributed by atoms with van der Waals surface area (Å²) in [6.45, 7) is 4.56. The molecule has 0 bridgehead atoms. The Hall–Kier alpha value is -1.06. The molecule has 0 aliphatic carbocycles. The number of rotatable bonds is 5. The van der Waals surface area contributed by atoms with Gasteiger partial charge in [-0.25, -0.2) is 0 Å². The normalized spacial score (nSPS) is 23.9. The molecule has 2 rings (SSSR count). The van der Waals surface area contributed by atoms with Gasteiger partial charge in [0.15, 0.2) is 0 Å². The molecule has 0 aromatic heterocycles. The minimum atomic E-state index is 0.0592. The molecular weight excluding hydrogens is 214 g/mol. The van der Waals surface area contributed by atoms with Crippen molar-refractivity contribution < 1.29 is 9.47 Å². The van der Waals surface area contributed by atoms with Crippen LogP contribution in [0.3, 0.4) is 0 Å². The van der Waals surface area contributed by atoms with Crippen LogP contribution < -0.4 is 10.1 Å². The van der Waals surface area contributed by atoms with Crippen molar-refractivity contribution in [3.8, 4) is 5.75 Å². The quantitative estimate of drug-likeness (QED) is 0.794. The van der Waals surface area contributed by atoms with Gasteiger partial charge in [0, 0.05) is 18.2 Å². The summed E-state index contributed by atoms with van der Waals surface area (Å²) in [5, 5.41) is 3.57. The molecule has 1 unspecified atom stereocenters. The molecule has 0 radical (unpaired) electrons. The Kier molecular flexibility index (Phi) is 4.02. The van der Waals surface area contributed by atoms with E-state index in [-0.39, 0.29) is 5.54 Å². The first-order valence-corrected chi connectivity index (χ1v) is 6.22. The largest absolute Gasteiger partial charge is 0.491 e. The summed E-state index contributed by atoms with van der Waals surface area (Å²) in [5.74, 6) is 0.974. The second-order valence-corrected chi connectivity index (χ2v) is 4.70. The van der Waals surface area contributed by atoms with Gasteiger partial charge in [0.1, 0.15) is 12.4 Å². The van der Waals surface area contributed by atoms with Gasteiger partial charge in [0.05, 0.1) is 6.61 Å². The minimum Gasteiger partial charge on any atom is -0.491 e. The zero-order chi connectivity index (χ0) is 12.1. The van der Waals surface area contributed by atoms with E-state index in [1.807, 2.05) is 12.1 Å². The summed E-state index contributed by atoms with van der Waals surface area (Å²) in [4.78, 5) is 0. The van der Waals surface area contributed by atoms with Crippen LogP contribution in [0, 0.1) is 0 Å². The number of ether oxygens (including phenoxy) is 2. The third-order valence-electron chi connectivity index (χ3n) is 3.40. The topological polar surface area (TPSA) is 30.5 Å². The first-order chi connectivity index (χ1) is 8.26. The van der Waals surface area contributed by atoms with Gasteiger partial charge in [-0.1, -0.05) is 18.2 Å². The average Bonchev–Trinajstić information content (AvgIpc) is 2.78. The van der Waals surface area contributed by atoms with Crippen molar-refractivity contribution in [2.75, 3.05) is 26.9 Å². The van der Waals surface area contributed by atoms with Crippen molar-refractivity contribution in [2.24, 2.45) is 0 Å². The molecule has 94 valence electrons. The summed E-state index contributed by atoms with van der Waals surface area (Å²) in [6.07, 6.45) is 2.39. The molecule has 1 atom stereocenters. The van der Waals surface area contributed by atoms with Crippen molar-refractivity contribution in [3.05, 3.63) is 29.8 Å². The summed E-state index contributed by atoms with van der Waals surface area (Å²) >= 11 is 0. The van der Waals surface area contributed by atoms with E-state index in [1.54, 1.807) is 7.11 Å². The monoisotopic (exact) mass is 235 g/mol. The van der Waals surface area contributed by atoms with Gasteiger partial charge in [-0.05, 0) is 32.4 Å². The van der Waals surface area contributed by atoms with E-state index < -0.39 is 0 Å². The summed E-state index contributed by atoms with van der Waals surface area (Å²) in [5.41, 5.74) is 1.32. The minimum absolute atomic E-state index is 0.0592. The fourth-order valence-corrected chi connectivity index (χ4v) is 2.41. The molecule has 1 aromatic rings. The van der Waals surface area contributed by atoms with Crippen LogP contribution in [0.2, 0.25) is 0 Å². The van der Waals surface area contributed by atoms with Crippen molar-refractivity contribution in [2.45, 2.75) is 25.3 Å². The third kappa shape index (κ3) is 2.79. The van der Waals surface area contributed by atoms with Crippen LogP contribution in [0.25, 0.3) is 0 Å². The Balaban J connectivity index is 2.15. The molecule has 0 spiro atoms. The van der Waals surface area contributed by atoms with Gasteiger partial charge in [-0.3, -0.25) is 0 Å². The van der Waals surface area contributed by atoms with E-state index in [0.29, 0.717) is 13.2 Å². The molecule has 1 saturated heterocycles. The maximum Gasteiger partial charge on any atom is 0.124 e. The Morgan fingerprint density at radius 3 is 2.82 bits per heavy atom. The van der Waals surface area contributed by atoms with Crippen molar-refractivity contribution >= 4 is 0 Å². The Bertz CT molecular complexity index is 359. The van der Waals surface area contributed by atoms with Crippen molar-refractivity contribution in [1.29, 1.82) is 0 Å². The first-order valence-electron chi connectivity index (χ1n) is 6.22. The fourth-order valence-electron chi connectivity index (χ4n) is 2.41. The van der Waals surface area contributed by atoms with Crippen LogP contribution in [-0.4, -0.2) is 26.9 Å². The highest BCUT2D eigenvalue weighted by Gasteiger charge is 2.32. The van der Waals surface area contributed by atoms with Crippen molar-refractivity contribution in [1.82, 2.24) is 5.32 Å². The van der Waals surface area contributed by atoms with Crippen LogP contribution in [0.1, 0.15) is 25.3 Å². The van der Waals surface area contributed by atoms with Crippen LogP contribution in [0.5, 0.6) is 5.75 Å². The zero-order valence-electron chi connectivity index (χ0n) is 10.7. The number of nitrogens with one attached hydrogen (secondary N) is 1. The molecule has 1 aliphatic rings. The molecule has 1 N–H and O–H groups in total. The highest BCUT2D eigenvalue weighted by molar-refractivity contribution is 5.39. The van der Waals surface area contributed by atoms with Gasteiger partial charge in [-0.2, -0.15) is 0 Å². The Morgan fingerprint density at radius 2 is 2.12 bits per heavy atom. The standard InChI is InChI=1S/C14H21NO2/c1-14(8-5-9-15-14)12-6-3-4-7-13(12)17-11-10-16-2/h3-4,6-7,15H,5,8-11H2,1-2H3. The maximum absolute atomic E-state index is 5.79. The lowest BCUT2D eigenvalue weighted by Gasteiger charge is -2.27. The molecule has 0 amide bonds. The van der Waals surface area contributed by atoms with Gasteiger partial charge in [-0.15, -0.1) is 0 Å².